The zero-order valence-electron chi connectivity index (χ0n) is 16.5. The van der Waals surface area contributed by atoms with Gasteiger partial charge in [-0.1, -0.05) is 33.1 Å². The van der Waals surface area contributed by atoms with Crippen LogP contribution in [-0.4, -0.2) is 40.2 Å². The van der Waals surface area contributed by atoms with Gasteiger partial charge in [0.05, 0.1) is 13.7 Å². The maximum absolute atomic E-state index is 11.1. The van der Waals surface area contributed by atoms with E-state index in [1.165, 1.54) is 7.11 Å². The minimum absolute atomic E-state index is 0.0544. The second kappa shape index (κ2) is 7.24. The summed E-state index contributed by atoms with van der Waals surface area (Å²) in [7, 11) is 1.51. The molecule has 27 heavy (non-hydrogen) atoms. The lowest BCUT2D eigenvalue weighted by molar-refractivity contribution is 0.111. The van der Waals surface area contributed by atoms with Gasteiger partial charge in [-0.15, -0.1) is 0 Å². The molecule has 1 aromatic rings. The van der Waals surface area contributed by atoms with Crippen molar-refractivity contribution in [3.63, 3.8) is 0 Å². The molecule has 0 spiro atoms. The first-order valence-electron chi connectivity index (χ1n) is 9.63. The average Bonchev–Trinajstić information content (AvgIpc) is 3.09. The Bertz CT molecular complexity index is 769. The number of unbranched alkanes of at least 4 members (excludes halogenated alkanes) is 2. The first-order valence-corrected chi connectivity index (χ1v) is 9.63. The molecule has 6 nitrogen and oxygen atoms in total. The van der Waals surface area contributed by atoms with Gasteiger partial charge in [0.1, 0.15) is 23.7 Å². The predicted octanol–water partition coefficient (Wildman–Crippen LogP) is 3.20. The summed E-state index contributed by atoms with van der Waals surface area (Å²) in [6.07, 6.45) is 2.40. The van der Waals surface area contributed by atoms with Gasteiger partial charge in [0.15, 0.2) is 11.5 Å². The van der Waals surface area contributed by atoms with Crippen molar-refractivity contribution in [2.75, 3.05) is 13.7 Å². The first-order chi connectivity index (χ1) is 12.8. The van der Waals surface area contributed by atoms with Gasteiger partial charge in [0.2, 0.25) is 0 Å². The zero-order chi connectivity index (χ0) is 19.9. The van der Waals surface area contributed by atoms with Crippen LogP contribution in [0, 0.1) is 0 Å². The smallest absolute Gasteiger partial charge is 0.168 e. The summed E-state index contributed by atoms with van der Waals surface area (Å²) >= 11 is 0. The molecular formula is C21H30O6. The summed E-state index contributed by atoms with van der Waals surface area (Å²) in [5.41, 5.74) is 1.45. The van der Waals surface area contributed by atoms with Crippen molar-refractivity contribution in [3.8, 4) is 17.2 Å². The number of phenolic OH excluding ortho intramolecular Hbond substituents is 2. The number of hydrogen-bond acceptors (Lipinski definition) is 6. The largest absolute Gasteiger partial charge is 0.507 e. The zero-order valence-corrected chi connectivity index (χ0v) is 16.5. The number of hydrogen-bond donors (Lipinski definition) is 4. The van der Waals surface area contributed by atoms with E-state index < -0.39 is 17.6 Å². The molecule has 6 heteroatoms. The Morgan fingerprint density at radius 3 is 2.52 bits per heavy atom. The van der Waals surface area contributed by atoms with Crippen LogP contribution in [0.2, 0.25) is 0 Å². The lowest BCUT2D eigenvalue weighted by Gasteiger charge is -2.41. The van der Waals surface area contributed by atoms with Crippen LogP contribution in [-0.2, 0) is 16.6 Å². The summed E-state index contributed by atoms with van der Waals surface area (Å²) < 4.78 is 11.2. The first kappa shape index (κ1) is 19.8. The number of rotatable bonds is 6. The van der Waals surface area contributed by atoms with Crippen molar-refractivity contribution >= 4 is 0 Å². The highest BCUT2D eigenvalue weighted by Gasteiger charge is 2.47. The number of ether oxygens (including phenoxy) is 2. The molecule has 150 valence electrons. The monoisotopic (exact) mass is 378 g/mol. The van der Waals surface area contributed by atoms with Crippen LogP contribution < -0.4 is 4.74 Å². The Kier molecular flexibility index (Phi) is 5.32. The minimum Gasteiger partial charge on any atom is -0.507 e. The molecule has 1 aliphatic carbocycles. The molecule has 0 radical (unpaired) electrons. The summed E-state index contributed by atoms with van der Waals surface area (Å²) in [6, 6.07) is 0. The van der Waals surface area contributed by atoms with Crippen molar-refractivity contribution in [1.82, 2.24) is 0 Å². The molecule has 2 unspecified atom stereocenters. The van der Waals surface area contributed by atoms with Crippen LogP contribution in [0.15, 0.2) is 11.3 Å². The van der Waals surface area contributed by atoms with Crippen molar-refractivity contribution in [1.29, 1.82) is 0 Å². The lowest BCUT2D eigenvalue weighted by Crippen LogP contribution is -2.33. The number of allylic oxidation sites excluding steroid dienone is 1. The van der Waals surface area contributed by atoms with Gasteiger partial charge >= 0.3 is 0 Å². The van der Waals surface area contributed by atoms with Crippen LogP contribution in [0.5, 0.6) is 17.2 Å². The van der Waals surface area contributed by atoms with Crippen LogP contribution in [0.4, 0.5) is 0 Å². The molecule has 0 amide bonds. The van der Waals surface area contributed by atoms with Crippen LogP contribution >= 0.6 is 0 Å². The molecule has 0 saturated carbocycles. The van der Waals surface area contributed by atoms with E-state index in [9.17, 15) is 20.4 Å². The van der Waals surface area contributed by atoms with E-state index in [1.807, 2.05) is 13.8 Å². The summed E-state index contributed by atoms with van der Waals surface area (Å²) in [4.78, 5) is 0. The topological polar surface area (TPSA) is 99.4 Å². The number of phenols is 2. The minimum atomic E-state index is -1.16. The van der Waals surface area contributed by atoms with Crippen molar-refractivity contribution in [3.05, 3.63) is 28.0 Å². The highest BCUT2D eigenvalue weighted by molar-refractivity contribution is 5.69. The summed E-state index contributed by atoms with van der Waals surface area (Å²) in [6.45, 7) is 5.82. The fraction of sp³-hybridized carbons (Fsp3) is 0.619. The molecule has 1 aromatic carbocycles. The molecule has 1 heterocycles. The molecule has 0 aromatic heterocycles. The molecule has 0 fully saturated rings. The number of aromatic hydroxyl groups is 2. The number of methoxy groups -OCH3 is 1. The van der Waals surface area contributed by atoms with E-state index >= 15 is 0 Å². The van der Waals surface area contributed by atoms with Gasteiger partial charge in [-0.05, 0) is 18.9 Å². The lowest BCUT2D eigenvalue weighted by atomic mass is 9.65. The Labute approximate surface area is 160 Å². The third-order valence-corrected chi connectivity index (χ3v) is 6.23. The van der Waals surface area contributed by atoms with Gasteiger partial charge in [-0.3, -0.25) is 0 Å². The SMILES string of the molecule is CCCCC[C@@]1(C)C(C)=C(OC)C(O)c2c(O)c3c(c(O)c21)OC(CO)C3. The Hall–Kier alpha value is -1.92. The van der Waals surface area contributed by atoms with Gasteiger partial charge in [0.25, 0.3) is 0 Å². The molecule has 0 saturated heterocycles. The second-order valence-corrected chi connectivity index (χ2v) is 7.81. The highest BCUT2D eigenvalue weighted by atomic mass is 16.5. The van der Waals surface area contributed by atoms with Gasteiger partial charge < -0.3 is 29.9 Å². The van der Waals surface area contributed by atoms with E-state index in [1.54, 1.807) is 0 Å². The van der Waals surface area contributed by atoms with Crippen molar-refractivity contribution in [2.45, 2.75) is 70.5 Å². The average molecular weight is 378 g/mol. The van der Waals surface area contributed by atoms with Gasteiger partial charge in [0, 0.05) is 28.5 Å². The highest BCUT2D eigenvalue weighted by Crippen LogP contribution is 2.59. The normalized spacial score (nSPS) is 26.6. The number of aliphatic hydroxyl groups is 2. The van der Waals surface area contributed by atoms with Gasteiger partial charge in [-0.2, -0.15) is 0 Å². The second-order valence-electron chi connectivity index (χ2n) is 7.81. The molecule has 2 aliphatic rings. The molecular weight excluding hydrogens is 348 g/mol. The third kappa shape index (κ3) is 2.86. The van der Waals surface area contributed by atoms with Crippen molar-refractivity contribution < 1.29 is 29.9 Å². The molecule has 3 atom stereocenters. The fourth-order valence-corrected chi connectivity index (χ4v) is 4.55. The van der Waals surface area contributed by atoms with E-state index in [0.717, 1.165) is 31.3 Å². The fourth-order valence-electron chi connectivity index (χ4n) is 4.55. The van der Waals surface area contributed by atoms with Gasteiger partial charge in [-0.25, -0.2) is 0 Å². The molecule has 0 bridgehead atoms. The predicted molar refractivity (Wildman–Crippen MR) is 101 cm³/mol. The number of aliphatic hydroxyl groups excluding tert-OH is 2. The van der Waals surface area contributed by atoms with E-state index in [0.29, 0.717) is 16.9 Å². The van der Waals surface area contributed by atoms with Crippen LogP contribution in [0.1, 0.15) is 69.2 Å². The Morgan fingerprint density at radius 2 is 1.93 bits per heavy atom. The Morgan fingerprint density at radius 1 is 1.22 bits per heavy atom. The summed E-state index contributed by atoms with van der Waals surface area (Å²) in [5.74, 6) is 0.493. The van der Waals surface area contributed by atoms with Crippen LogP contribution in [0.25, 0.3) is 0 Å². The standard InChI is InChI=1S/C21H30O6/c1-5-6-7-8-21(3)11(2)19(26-4)17(24)14-15(21)18(25)20-13(16(14)23)9-12(10-22)27-20/h12,17,22-25H,5-10H2,1-4H3/t12?,17?,21-/m0/s1. The van der Waals surface area contributed by atoms with E-state index in [-0.39, 0.29) is 35.8 Å². The maximum atomic E-state index is 11.1. The molecule has 4 N–H and O–H groups in total. The molecule has 1 aliphatic heterocycles. The van der Waals surface area contributed by atoms with Crippen molar-refractivity contribution in [2.24, 2.45) is 0 Å². The van der Waals surface area contributed by atoms with Crippen LogP contribution in [0.3, 0.4) is 0 Å². The quantitative estimate of drug-likeness (QED) is 0.448. The number of benzene rings is 1. The summed E-state index contributed by atoms with van der Waals surface area (Å²) in [5, 5.41) is 42.4. The number of fused-ring (bicyclic) bond motifs is 2. The maximum Gasteiger partial charge on any atom is 0.168 e. The third-order valence-electron chi connectivity index (χ3n) is 6.23. The van der Waals surface area contributed by atoms with E-state index in [4.69, 9.17) is 9.47 Å². The Balaban J connectivity index is 2.24. The molecule has 3 rings (SSSR count). The van der Waals surface area contributed by atoms with E-state index in [2.05, 4.69) is 6.92 Å².